The number of carbonyl (C=O) groups is 1. The molecular weight excluding hydrogens is 188 g/mol. The Kier molecular flexibility index (Phi) is 11.2. The van der Waals surface area contributed by atoms with Crippen LogP contribution in [0.2, 0.25) is 0 Å². The fraction of sp³-hybridized carbons (Fsp3) is 0.417. The first kappa shape index (κ1) is 15.9. The van der Waals surface area contributed by atoms with Crippen LogP contribution in [-0.4, -0.2) is 13.5 Å². The Balaban J connectivity index is 0. The Labute approximate surface area is 92.7 Å². The molecule has 1 amide bonds. The summed E-state index contributed by atoms with van der Waals surface area (Å²) >= 11 is 0. The molecule has 0 saturated carbocycles. The van der Waals surface area contributed by atoms with Crippen LogP contribution in [0.25, 0.3) is 0 Å². The van der Waals surface area contributed by atoms with Gasteiger partial charge in [-0.05, 0) is 31.0 Å². The topological polar surface area (TPSA) is 55.1 Å². The number of hydrogen-bond donors (Lipinski definition) is 2. The van der Waals surface area contributed by atoms with Gasteiger partial charge in [0.1, 0.15) is 0 Å². The van der Waals surface area contributed by atoms with E-state index in [1.165, 1.54) is 5.56 Å². The maximum Gasteiger partial charge on any atom is 0.206 e. The minimum Gasteiger partial charge on any atom is -0.399 e. The molecule has 0 bridgehead atoms. The maximum atomic E-state index is 9.06. The third-order valence-corrected chi connectivity index (χ3v) is 1.55. The molecule has 1 aromatic rings. The highest BCUT2D eigenvalue weighted by Gasteiger charge is 1.89. The van der Waals surface area contributed by atoms with Gasteiger partial charge in [-0.2, -0.15) is 0 Å². The Hall–Kier alpha value is -1.51. The number of aryl methyl sites for hydroxylation is 2. The summed E-state index contributed by atoms with van der Waals surface area (Å²) < 4.78 is 0. The summed E-state index contributed by atoms with van der Waals surface area (Å²) in [7, 11) is 1.56. The lowest BCUT2D eigenvalue weighted by molar-refractivity contribution is -0.109. The SMILES string of the molecule is CC.CNC=O.Cc1ccc(C)c(N)c1. The molecule has 0 radical (unpaired) electrons. The zero-order valence-corrected chi connectivity index (χ0v) is 10.3. The molecule has 0 unspecified atom stereocenters. The summed E-state index contributed by atoms with van der Waals surface area (Å²) in [6, 6.07) is 6.08. The smallest absolute Gasteiger partial charge is 0.206 e. The fourth-order valence-electron chi connectivity index (χ4n) is 0.760. The van der Waals surface area contributed by atoms with Crippen LogP contribution in [-0.2, 0) is 4.79 Å². The van der Waals surface area contributed by atoms with E-state index < -0.39 is 0 Å². The van der Waals surface area contributed by atoms with Gasteiger partial charge in [-0.3, -0.25) is 4.79 Å². The van der Waals surface area contributed by atoms with E-state index in [1.54, 1.807) is 7.05 Å². The van der Waals surface area contributed by atoms with Gasteiger partial charge in [-0.25, -0.2) is 0 Å². The summed E-state index contributed by atoms with van der Waals surface area (Å²) in [6.07, 6.45) is 0.625. The van der Waals surface area contributed by atoms with Gasteiger partial charge >= 0.3 is 0 Å². The third kappa shape index (κ3) is 8.81. The van der Waals surface area contributed by atoms with Crippen molar-refractivity contribution in [3.63, 3.8) is 0 Å². The van der Waals surface area contributed by atoms with Crippen molar-refractivity contribution in [1.29, 1.82) is 0 Å². The van der Waals surface area contributed by atoms with Crippen molar-refractivity contribution < 1.29 is 4.79 Å². The van der Waals surface area contributed by atoms with Gasteiger partial charge in [0.05, 0.1) is 0 Å². The van der Waals surface area contributed by atoms with E-state index in [1.807, 2.05) is 39.8 Å². The lowest BCUT2D eigenvalue weighted by Crippen LogP contribution is -1.98. The molecule has 3 nitrogen and oxygen atoms in total. The highest BCUT2D eigenvalue weighted by Crippen LogP contribution is 2.10. The maximum absolute atomic E-state index is 9.06. The van der Waals surface area contributed by atoms with Crippen LogP contribution in [0.15, 0.2) is 18.2 Å². The number of nitrogens with one attached hydrogen (secondary N) is 1. The first-order valence-corrected chi connectivity index (χ1v) is 5.05. The van der Waals surface area contributed by atoms with Crippen LogP contribution >= 0.6 is 0 Å². The van der Waals surface area contributed by atoms with E-state index >= 15 is 0 Å². The monoisotopic (exact) mass is 210 g/mol. The Bertz CT molecular complexity index is 272. The van der Waals surface area contributed by atoms with E-state index in [2.05, 4.69) is 11.4 Å². The molecule has 0 aliphatic rings. The molecule has 0 aliphatic carbocycles. The van der Waals surface area contributed by atoms with E-state index in [-0.39, 0.29) is 0 Å². The molecule has 1 rings (SSSR count). The van der Waals surface area contributed by atoms with Gasteiger partial charge in [0, 0.05) is 12.7 Å². The van der Waals surface area contributed by atoms with E-state index in [0.29, 0.717) is 6.41 Å². The predicted molar refractivity (Wildman–Crippen MR) is 66.8 cm³/mol. The quantitative estimate of drug-likeness (QED) is 0.552. The number of nitrogen functional groups attached to an aromatic ring is 1. The summed E-state index contributed by atoms with van der Waals surface area (Å²) in [4.78, 5) is 9.06. The van der Waals surface area contributed by atoms with Gasteiger partial charge in [0.2, 0.25) is 6.41 Å². The Morgan fingerprint density at radius 1 is 1.27 bits per heavy atom. The second-order valence-corrected chi connectivity index (χ2v) is 2.77. The summed E-state index contributed by atoms with van der Waals surface area (Å²) in [5.41, 5.74) is 8.88. The molecule has 3 heteroatoms. The van der Waals surface area contributed by atoms with Crippen molar-refractivity contribution >= 4 is 12.1 Å². The predicted octanol–water partition coefficient (Wildman–Crippen LogP) is 2.27. The lowest BCUT2D eigenvalue weighted by Gasteiger charge is -1.98. The van der Waals surface area contributed by atoms with E-state index in [0.717, 1.165) is 11.3 Å². The molecule has 3 N–H and O–H groups in total. The molecule has 0 saturated heterocycles. The van der Waals surface area contributed by atoms with Gasteiger partial charge in [-0.15, -0.1) is 0 Å². The summed E-state index contributed by atoms with van der Waals surface area (Å²) in [6.45, 7) is 8.05. The number of amides is 1. The van der Waals surface area contributed by atoms with Crippen molar-refractivity contribution in [2.45, 2.75) is 27.7 Å². The van der Waals surface area contributed by atoms with Gasteiger partial charge in [-0.1, -0.05) is 26.0 Å². The van der Waals surface area contributed by atoms with Crippen molar-refractivity contribution in [2.75, 3.05) is 12.8 Å². The average molecular weight is 210 g/mol. The van der Waals surface area contributed by atoms with Crippen molar-refractivity contribution in [3.05, 3.63) is 29.3 Å². The summed E-state index contributed by atoms with van der Waals surface area (Å²) in [5, 5.41) is 2.25. The largest absolute Gasteiger partial charge is 0.399 e. The Morgan fingerprint density at radius 2 is 1.73 bits per heavy atom. The molecular formula is C12H22N2O. The van der Waals surface area contributed by atoms with Crippen LogP contribution < -0.4 is 11.1 Å². The molecule has 0 atom stereocenters. The highest BCUT2D eigenvalue weighted by atomic mass is 16.1. The van der Waals surface area contributed by atoms with Crippen LogP contribution in [0.4, 0.5) is 5.69 Å². The summed E-state index contributed by atoms with van der Waals surface area (Å²) in [5.74, 6) is 0. The highest BCUT2D eigenvalue weighted by molar-refractivity contribution is 5.47. The van der Waals surface area contributed by atoms with Crippen molar-refractivity contribution in [2.24, 2.45) is 0 Å². The molecule has 0 aromatic heterocycles. The second-order valence-electron chi connectivity index (χ2n) is 2.77. The number of benzene rings is 1. The molecule has 0 fully saturated rings. The molecule has 0 spiro atoms. The molecule has 15 heavy (non-hydrogen) atoms. The zero-order valence-electron chi connectivity index (χ0n) is 10.3. The number of carbonyl (C=O) groups excluding carboxylic acids is 1. The van der Waals surface area contributed by atoms with Gasteiger partial charge < -0.3 is 11.1 Å². The first-order chi connectivity index (χ1) is 7.11. The normalized spacial score (nSPS) is 7.53. The van der Waals surface area contributed by atoms with E-state index in [4.69, 9.17) is 10.5 Å². The van der Waals surface area contributed by atoms with Gasteiger partial charge in [0.25, 0.3) is 0 Å². The van der Waals surface area contributed by atoms with Crippen LogP contribution in [0.1, 0.15) is 25.0 Å². The lowest BCUT2D eigenvalue weighted by atomic mass is 10.1. The number of nitrogens with two attached hydrogens (primary N) is 1. The van der Waals surface area contributed by atoms with Crippen molar-refractivity contribution in [1.82, 2.24) is 5.32 Å². The van der Waals surface area contributed by atoms with Gasteiger partial charge in [0.15, 0.2) is 0 Å². The Morgan fingerprint density at radius 3 is 2.00 bits per heavy atom. The minimum atomic E-state index is 0.625. The standard InChI is InChI=1S/C8H11N.C2H5NO.C2H6/c1-6-3-4-7(2)8(9)5-6;1-3-2-4;1-2/h3-5H,9H2,1-2H3;2H,1H3,(H,3,4);1-2H3. The average Bonchev–Trinajstić information content (AvgIpc) is 2.27. The van der Waals surface area contributed by atoms with Crippen LogP contribution in [0, 0.1) is 13.8 Å². The first-order valence-electron chi connectivity index (χ1n) is 5.05. The van der Waals surface area contributed by atoms with Crippen LogP contribution in [0.5, 0.6) is 0 Å². The van der Waals surface area contributed by atoms with Crippen LogP contribution in [0.3, 0.4) is 0 Å². The number of rotatable bonds is 1. The zero-order chi connectivity index (χ0) is 12.3. The molecule has 86 valence electrons. The third-order valence-electron chi connectivity index (χ3n) is 1.55. The van der Waals surface area contributed by atoms with Crippen molar-refractivity contribution in [3.8, 4) is 0 Å². The number of anilines is 1. The van der Waals surface area contributed by atoms with E-state index in [9.17, 15) is 0 Å². The fourth-order valence-corrected chi connectivity index (χ4v) is 0.760. The molecule has 0 aliphatic heterocycles. The molecule has 0 heterocycles. The number of hydrogen-bond acceptors (Lipinski definition) is 2. The second kappa shape index (κ2) is 10.6. The molecule has 1 aromatic carbocycles. The minimum absolute atomic E-state index is 0.625.